The Kier molecular flexibility index (Phi) is 3.24. The number of nitrogens with zero attached hydrogens (tertiary/aromatic N) is 2. The highest BCUT2D eigenvalue weighted by atomic mass is 79.9. The van der Waals surface area contributed by atoms with Crippen LogP contribution >= 0.6 is 15.9 Å². The van der Waals surface area contributed by atoms with Gasteiger partial charge in [-0.25, -0.2) is 4.98 Å². The van der Waals surface area contributed by atoms with Crippen LogP contribution in [-0.2, 0) is 6.54 Å². The van der Waals surface area contributed by atoms with E-state index in [2.05, 4.69) is 31.4 Å². The second-order valence-corrected chi connectivity index (χ2v) is 4.34. The SMILES string of the molecule is Cc1noc(C)c1CNc1ccc(Br)nc1. The van der Waals surface area contributed by atoms with E-state index in [1.54, 1.807) is 6.20 Å². The molecule has 0 atom stereocenters. The van der Waals surface area contributed by atoms with Crippen molar-refractivity contribution in [1.29, 1.82) is 0 Å². The molecule has 0 spiro atoms. The molecule has 2 aromatic rings. The number of nitrogens with one attached hydrogen (secondary N) is 1. The van der Waals surface area contributed by atoms with Gasteiger partial charge in [-0.05, 0) is 41.9 Å². The van der Waals surface area contributed by atoms with Crippen LogP contribution in [0.25, 0.3) is 0 Å². The third kappa shape index (κ3) is 2.41. The Morgan fingerprint density at radius 2 is 2.19 bits per heavy atom. The van der Waals surface area contributed by atoms with Crippen LogP contribution in [0.3, 0.4) is 0 Å². The molecule has 0 unspecified atom stereocenters. The fraction of sp³-hybridized carbons (Fsp3) is 0.273. The maximum atomic E-state index is 5.09. The van der Waals surface area contributed by atoms with Crippen molar-refractivity contribution in [2.24, 2.45) is 0 Å². The van der Waals surface area contributed by atoms with Crippen molar-refractivity contribution in [3.8, 4) is 0 Å². The quantitative estimate of drug-likeness (QED) is 0.879. The van der Waals surface area contributed by atoms with Gasteiger partial charge in [-0.1, -0.05) is 5.16 Å². The lowest BCUT2D eigenvalue weighted by Gasteiger charge is -2.05. The lowest BCUT2D eigenvalue weighted by Crippen LogP contribution is -2.01. The summed E-state index contributed by atoms with van der Waals surface area (Å²) in [7, 11) is 0. The van der Waals surface area contributed by atoms with Gasteiger partial charge in [0.1, 0.15) is 10.4 Å². The number of rotatable bonds is 3. The Labute approximate surface area is 102 Å². The standard InChI is InChI=1S/C11H12BrN3O/c1-7-10(8(2)16-15-7)6-13-9-3-4-11(12)14-5-9/h3-5,13H,6H2,1-2H3. The molecule has 0 fully saturated rings. The van der Waals surface area contributed by atoms with E-state index in [1.807, 2.05) is 26.0 Å². The Hall–Kier alpha value is -1.36. The maximum Gasteiger partial charge on any atom is 0.138 e. The lowest BCUT2D eigenvalue weighted by atomic mass is 10.2. The summed E-state index contributed by atoms with van der Waals surface area (Å²) in [5, 5.41) is 7.18. The Morgan fingerprint density at radius 3 is 2.75 bits per heavy atom. The minimum atomic E-state index is 0.699. The normalized spacial score (nSPS) is 10.4. The first-order valence-corrected chi connectivity index (χ1v) is 5.73. The van der Waals surface area contributed by atoms with Crippen LogP contribution in [0.15, 0.2) is 27.5 Å². The first kappa shape index (κ1) is 11.1. The third-order valence-corrected chi connectivity index (χ3v) is 2.85. The molecule has 2 heterocycles. The molecule has 16 heavy (non-hydrogen) atoms. The van der Waals surface area contributed by atoms with E-state index in [0.29, 0.717) is 6.54 Å². The molecule has 0 radical (unpaired) electrons. The van der Waals surface area contributed by atoms with Gasteiger partial charge in [-0.3, -0.25) is 0 Å². The lowest BCUT2D eigenvalue weighted by molar-refractivity contribution is 0.392. The van der Waals surface area contributed by atoms with Crippen LogP contribution in [0.1, 0.15) is 17.0 Å². The van der Waals surface area contributed by atoms with E-state index >= 15 is 0 Å². The van der Waals surface area contributed by atoms with Crippen molar-refractivity contribution in [3.05, 3.63) is 40.0 Å². The van der Waals surface area contributed by atoms with Gasteiger partial charge in [0.25, 0.3) is 0 Å². The van der Waals surface area contributed by atoms with E-state index < -0.39 is 0 Å². The summed E-state index contributed by atoms with van der Waals surface area (Å²) < 4.78 is 5.92. The summed E-state index contributed by atoms with van der Waals surface area (Å²) in [5.74, 6) is 0.857. The first-order chi connectivity index (χ1) is 7.66. The second kappa shape index (κ2) is 4.65. The molecule has 5 heteroatoms. The zero-order valence-corrected chi connectivity index (χ0v) is 10.7. The van der Waals surface area contributed by atoms with Crippen molar-refractivity contribution in [2.75, 3.05) is 5.32 Å². The van der Waals surface area contributed by atoms with Crippen LogP contribution in [0.5, 0.6) is 0 Å². The van der Waals surface area contributed by atoms with Gasteiger partial charge in [0.2, 0.25) is 0 Å². The molecular formula is C11H12BrN3O. The molecular weight excluding hydrogens is 270 g/mol. The minimum absolute atomic E-state index is 0.699. The van der Waals surface area contributed by atoms with Crippen LogP contribution in [0, 0.1) is 13.8 Å². The van der Waals surface area contributed by atoms with Crippen LogP contribution in [0.4, 0.5) is 5.69 Å². The van der Waals surface area contributed by atoms with E-state index in [4.69, 9.17) is 4.52 Å². The summed E-state index contributed by atoms with van der Waals surface area (Å²) in [6.07, 6.45) is 1.78. The maximum absolute atomic E-state index is 5.09. The summed E-state index contributed by atoms with van der Waals surface area (Å²) in [5.41, 5.74) is 3.00. The first-order valence-electron chi connectivity index (χ1n) is 4.94. The zero-order valence-electron chi connectivity index (χ0n) is 9.12. The minimum Gasteiger partial charge on any atom is -0.380 e. The van der Waals surface area contributed by atoms with Crippen LogP contribution in [-0.4, -0.2) is 10.1 Å². The van der Waals surface area contributed by atoms with Crippen LogP contribution in [0.2, 0.25) is 0 Å². The largest absolute Gasteiger partial charge is 0.380 e. The summed E-state index contributed by atoms with van der Waals surface area (Å²) >= 11 is 3.29. The van der Waals surface area contributed by atoms with Crippen molar-refractivity contribution in [3.63, 3.8) is 0 Å². The average molecular weight is 282 g/mol. The second-order valence-electron chi connectivity index (χ2n) is 3.53. The average Bonchev–Trinajstić information content (AvgIpc) is 2.59. The van der Waals surface area contributed by atoms with Crippen molar-refractivity contribution >= 4 is 21.6 Å². The molecule has 2 aromatic heterocycles. The Morgan fingerprint density at radius 1 is 1.38 bits per heavy atom. The van der Waals surface area contributed by atoms with Gasteiger partial charge in [0.05, 0.1) is 17.6 Å². The molecule has 84 valence electrons. The highest BCUT2D eigenvalue weighted by Gasteiger charge is 2.07. The van der Waals surface area contributed by atoms with E-state index in [9.17, 15) is 0 Å². The predicted octanol–water partition coefficient (Wildman–Crippen LogP) is 3.06. The number of hydrogen-bond donors (Lipinski definition) is 1. The number of hydrogen-bond acceptors (Lipinski definition) is 4. The summed E-state index contributed by atoms with van der Waals surface area (Å²) in [6, 6.07) is 3.87. The molecule has 4 nitrogen and oxygen atoms in total. The molecule has 2 rings (SSSR count). The van der Waals surface area contributed by atoms with Gasteiger partial charge in [-0.2, -0.15) is 0 Å². The monoisotopic (exact) mass is 281 g/mol. The molecule has 0 aromatic carbocycles. The topological polar surface area (TPSA) is 51.0 Å². The molecule has 0 aliphatic carbocycles. The molecule has 0 bridgehead atoms. The molecule has 0 aliphatic heterocycles. The summed E-state index contributed by atoms with van der Waals surface area (Å²) in [6.45, 7) is 4.55. The predicted molar refractivity (Wildman–Crippen MR) is 65.2 cm³/mol. The molecule has 0 saturated carbocycles. The van der Waals surface area contributed by atoms with Crippen molar-refractivity contribution < 1.29 is 4.52 Å². The van der Waals surface area contributed by atoms with Gasteiger partial charge < -0.3 is 9.84 Å². The number of pyridine rings is 1. The van der Waals surface area contributed by atoms with E-state index in [0.717, 1.165) is 27.3 Å². The van der Waals surface area contributed by atoms with Gasteiger partial charge >= 0.3 is 0 Å². The Bertz CT molecular complexity index is 459. The van der Waals surface area contributed by atoms with Gasteiger partial charge in [0.15, 0.2) is 0 Å². The number of aromatic nitrogens is 2. The molecule has 0 saturated heterocycles. The van der Waals surface area contributed by atoms with E-state index in [1.165, 1.54) is 0 Å². The third-order valence-electron chi connectivity index (χ3n) is 2.38. The molecule has 0 amide bonds. The highest BCUT2D eigenvalue weighted by molar-refractivity contribution is 9.10. The van der Waals surface area contributed by atoms with Gasteiger partial charge in [0, 0.05) is 12.1 Å². The molecule has 1 N–H and O–H groups in total. The van der Waals surface area contributed by atoms with Gasteiger partial charge in [-0.15, -0.1) is 0 Å². The fourth-order valence-corrected chi connectivity index (χ4v) is 1.66. The number of anilines is 1. The van der Waals surface area contributed by atoms with Crippen LogP contribution < -0.4 is 5.32 Å². The molecule has 0 aliphatic rings. The summed E-state index contributed by atoms with van der Waals surface area (Å²) in [4.78, 5) is 4.14. The van der Waals surface area contributed by atoms with Crippen molar-refractivity contribution in [1.82, 2.24) is 10.1 Å². The van der Waals surface area contributed by atoms with E-state index in [-0.39, 0.29) is 0 Å². The van der Waals surface area contributed by atoms with Crippen molar-refractivity contribution in [2.45, 2.75) is 20.4 Å². The number of halogens is 1. The highest BCUT2D eigenvalue weighted by Crippen LogP contribution is 2.15. The fourth-order valence-electron chi connectivity index (χ4n) is 1.43. The number of aryl methyl sites for hydroxylation is 2. The smallest absolute Gasteiger partial charge is 0.138 e. The Balaban J connectivity index is 2.05. The zero-order chi connectivity index (χ0) is 11.5.